The van der Waals surface area contributed by atoms with E-state index in [4.69, 9.17) is 5.53 Å². The van der Waals surface area contributed by atoms with Crippen LogP contribution >= 0.6 is 11.3 Å². The molecule has 0 saturated carbocycles. The fourth-order valence-corrected chi connectivity index (χ4v) is 2.40. The maximum Gasteiger partial charge on any atom is 0.305 e. The van der Waals surface area contributed by atoms with Crippen LogP contribution in [0.25, 0.3) is 10.2 Å². The Balaban J connectivity index is 2.66. The van der Waals surface area contributed by atoms with Crippen molar-refractivity contribution in [1.82, 2.24) is 4.98 Å². The predicted molar refractivity (Wildman–Crippen MR) is 59.1 cm³/mol. The Morgan fingerprint density at radius 3 is 3.00 bits per heavy atom. The van der Waals surface area contributed by atoms with Gasteiger partial charge in [0.25, 0.3) is 0 Å². The number of H-pyrrole nitrogens is 1. The molecule has 1 atom stereocenters. The highest BCUT2D eigenvalue weighted by Crippen LogP contribution is 2.31. The summed E-state index contributed by atoms with van der Waals surface area (Å²) in [7, 11) is 0. The molecule has 0 fully saturated rings. The van der Waals surface area contributed by atoms with Crippen LogP contribution < -0.4 is 4.87 Å². The van der Waals surface area contributed by atoms with Crippen molar-refractivity contribution in [3.05, 3.63) is 27.4 Å². The Kier molecular flexibility index (Phi) is 2.71. The average molecular weight is 239 g/mol. The number of fused-ring (bicyclic) bond motifs is 1. The number of rotatable bonds is 3. The lowest BCUT2D eigenvalue weighted by Gasteiger charge is -2.08. The first-order valence-electron chi connectivity index (χ1n) is 4.49. The minimum atomic E-state index is -0.938. The monoisotopic (exact) mass is 239 g/mol. The highest BCUT2D eigenvalue weighted by atomic mass is 32.1. The van der Waals surface area contributed by atoms with E-state index < -0.39 is 6.10 Å². The van der Waals surface area contributed by atoms with E-state index >= 15 is 0 Å². The zero-order valence-electron chi connectivity index (χ0n) is 8.10. The van der Waals surface area contributed by atoms with Gasteiger partial charge in [0.2, 0.25) is 0 Å². The number of phenolic OH excluding ortho intramolecular Hbond substituents is 1. The summed E-state index contributed by atoms with van der Waals surface area (Å²) in [5.41, 5.74) is 7.50. The van der Waals surface area contributed by atoms with Crippen molar-refractivity contribution >= 4 is 21.6 Å². The van der Waals surface area contributed by atoms with Crippen LogP contribution in [-0.2, 0) is 0 Å². The van der Waals surface area contributed by atoms with E-state index in [1.54, 1.807) is 0 Å². The van der Waals surface area contributed by atoms with Crippen molar-refractivity contribution < 1.29 is 10.2 Å². The van der Waals surface area contributed by atoms with Crippen molar-refractivity contribution in [2.45, 2.75) is 6.10 Å². The lowest BCUT2D eigenvalue weighted by Crippen LogP contribution is -2.00. The molecule has 6 nitrogen and oxygen atoms in total. The molecule has 0 unspecified atom stereocenters. The Morgan fingerprint density at radius 2 is 2.31 bits per heavy atom. The highest BCUT2D eigenvalue weighted by Gasteiger charge is 2.15. The van der Waals surface area contributed by atoms with Crippen molar-refractivity contribution in [3.63, 3.8) is 0 Å². The number of aromatic amines is 1. The average Bonchev–Trinajstić information content (AvgIpc) is 2.61. The number of nitrogens with one attached hydrogen (secondary N) is 2. The van der Waals surface area contributed by atoms with Gasteiger partial charge in [-0.15, -0.1) is 0 Å². The molecule has 0 amide bonds. The van der Waals surface area contributed by atoms with Crippen molar-refractivity contribution in [1.29, 1.82) is 5.53 Å². The van der Waals surface area contributed by atoms with Gasteiger partial charge in [0, 0.05) is 5.56 Å². The first-order chi connectivity index (χ1) is 7.63. The molecule has 16 heavy (non-hydrogen) atoms. The van der Waals surface area contributed by atoms with Gasteiger partial charge < -0.3 is 15.2 Å². The SMILES string of the molecule is N=NC[C@H](O)c1ccc(O)c2[nH]c(=O)sc12. The molecule has 2 rings (SSSR count). The topological polar surface area (TPSA) is 110 Å². The lowest BCUT2D eigenvalue weighted by molar-refractivity contribution is 0.186. The van der Waals surface area contributed by atoms with Crippen LogP contribution in [0, 0.1) is 5.53 Å². The number of aliphatic hydroxyl groups is 1. The zero-order valence-corrected chi connectivity index (χ0v) is 8.91. The summed E-state index contributed by atoms with van der Waals surface area (Å²) in [6.07, 6.45) is -0.938. The number of thiazole rings is 1. The van der Waals surface area contributed by atoms with E-state index in [1.165, 1.54) is 12.1 Å². The molecule has 0 aliphatic carbocycles. The van der Waals surface area contributed by atoms with Crippen LogP contribution in [-0.4, -0.2) is 21.7 Å². The predicted octanol–water partition coefficient (Wildman–Crippen LogP) is 1.36. The lowest BCUT2D eigenvalue weighted by atomic mass is 10.1. The molecule has 1 heterocycles. The third-order valence-electron chi connectivity index (χ3n) is 2.21. The van der Waals surface area contributed by atoms with Crippen LogP contribution in [0.15, 0.2) is 22.0 Å². The second kappa shape index (κ2) is 4.03. The smallest absolute Gasteiger partial charge is 0.305 e. The van der Waals surface area contributed by atoms with Crippen molar-refractivity contribution in [3.8, 4) is 5.75 Å². The third kappa shape index (κ3) is 1.70. The summed E-state index contributed by atoms with van der Waals surface area (Å²) in [6, 6.07) is 2.92. The summed E-state index contributed by atoms with van der Waals surface area (Å²) >= 11 is 0.913. The van der Waals surface area contributed by atoms with Gasteiger partial charge in [-0.25, -0.2) is 5.53 Å². The summed E-state index contributed by atoms with van der Waals surface area (Å²) in [5.74, 6) is -0.0351. The number of aromatic nitrogens is 1. The first-order valence-corrected chi connectivity index (χ1v) is 5.31. The molecule has 0 saturated heterocycles. The number of nitrogens with zero attached hydrogens (tertiary/aromatic N) is 1. The molecule has 4 N–H and O–H groups in total. The Hall–Kier alpha value is -1.73. The second-order valence-electron chi connectivity index (χ2n) is 3.25. The third-order valence-corrected chi connectivity index (χ3v) is 3.14. The Labute approximate surface area is 93.7 Å². The van der Waals surface area contributed by atoms with Crippen LogP contribution in [0.5, 0.6) is 5.75 Å². The first kappa shape index (κ1) is 10.8. The number of phenols is 1. The number of aliphatic hydroxyl groups excluding tert-OH is 1. The standard InChI is InChI=1S/C9H9N3O3S/c10-11-3-6(14)4-1-2-5(13)7-8(4)16-9(15)12-7/h1-2,6,10,13-14H,3H2,(H,12,15)/t6-/m0/s1. The van der Waals surface area contributed by atoms with E-state index in [9.17, 15) is 15.0 Å². The van der Waals surface area contributed by atoms with Gasteiger partial charge in [-0.05, 0) is 6.07 Å². The summed E-state index contributed by atoms with van der Waals surface area (Å²) in [5, 5.41) is 22.3. The Morgan fingerprint density at radius 1 is 1.56 bits per heavy atom. The fourth-order valence-electron chi connectivity index (χ4n) is 1.49. The van der Waals surface area contributed by atoms with Crippen molar-refractivity contribution in [2.24, 2.45) is 5.11 Å². The molecular weight excluding hydrogens is 230 g/mol. The van der Waals surface area contributed by atoms with Crippen LogP contribution in [0.3, 0.4) is 0 Å². The molecular formula is C9H9N3O3S. The zero-order chi connectivity index (χ0) is 11.7. The van der Waals surface area contributed by atoms with Gasteiger partial charge >= 0.3 is 4.87 Å². The summed E-state index contributed by atoms with van der Waals surface area (Å²) in [4.78, 5) is 13.4. The molecule has 2 aromatic rings. The molecule has 0 radical (unpaired) electrons. The molecule has 0 aliphatic rings. The van der Waals surface area contributed by atoms with Gasteiger partial charge in [0.05, 0.1) is 11.2 Å². The number of benzene rings is 1. The van der Waals surface area contributed by atoms with Gasteiger partial charge in [0.15, 0.2) is 0 Å². The van der Waals surface area contributed by atoms with Crippen molar-refractivity contribution in [2.75, 3.05) is 6.54 Å². The van der Waals surface area contributed by atoms with Gasteiger partial charge in [-0.3, -0.25) is 4.79 Å². The normalized spacial score (nSPS) is 12.8. The van der Waals surface area contributed by atoms with Crippen LogP contribution in [0.2, 0.25) is 0 Å². The van der Waals surface area contributed by atoms with E-state index in [0.717, 1.165) is 11.3 Å². The number of hydrogen-bond donors (Lipinski definition) is 4. The minimum absolute atomic E-state index is 0.0351. The second-order valence-corrected chi connectivity index (χ2v) is 4.23. The fraction of sp³-hybridized carbons (Fsp3) is 0.222. The summed E-state index contributed by atoms with van der Waals surface area (Å²) in [6.45, 7) is -0.0635. The molecule has 0 aliphatic heterocycles. The van der Waals surface area contributed by atoms with Crippen LogP contribution in [0.1, 0.15) is 11.7 Å². The van der Waals surface area contributed by atoms with E-state index in [1.807, 2.05) is 0 Å². The number of hydrogen-bond acceptors (Lipinski definition) is 6. The van der Waals surface area contributed by atoms with E-state index in [-0.39, 0.29) is 17.2 Å². The molecule has 0 spiro atoms. The quantitative estimate of drug-likeness (QED) is 0.607. The van der Waals surface area contributed by atoms with Gasteiger partial charge in [-0.2, -0.15) is 5.11 Å². The molecule has 7 heteroatoms. The highest BCUT2D eigenvalue weighted by molar-refractivity contribution is 7.16. The maximum absolute atomic E-state index is 11.2. The van der Waals surface area contributed by atoms with E-state index in [0.29, 0.717) is 15.8 Å². The van der Waals surface area contributed by atoms with Gasteiger partial charge in [0.1, 0.15) is 17.4 Å². The number of aromatic hydroxyl groups is 1. The molecule has 84 valence electrons. The largest absolute Gasteiger partial charge is 0.506 e. The maximum atomic E-state index is 11.2. The van der Waals surface area contributed by atoms with E-state index in [2.05, 4.69) is 10.1 Å². The summed E-state index contributed by atoms with van der Waals surface area (Å²) < 4.78 is 0.501. The van der Waals surface area contributed by atoms with Crippen LogP contribution in [0.4, 0.5) is 0 Å². The van der Waals surface area contributed by atoms with Gasteiger partial charge in [-0.1, -0.05) is 17.4 Å². The molecule has 0 bridgehead atoms. The molecule has 1 aromatic carbocycles. The minimum Gasteiger partial charge on any atom is -0.506 e. The molecule has 1 aromatic heterocycles. The Bertz CT molecular complexity index is 589.